The molecule has 9 heteroatoms. The molecule has 1 atom stereocenters. The fraction of sp³-hybridized carbons (Fsp3) is 0.364. The summed E-state index contributed by atoms with van der Waals surface area (Å²) in [7, 11) is 1.59. The molecule has 3 heterocycles. The van der Waals surface area contributed by atoms with Gasteiger partial charge in [-0.2, -0.15) is 0 Å². The van der Waals surface area contributed by atoms with Gasteiger partial charge < -0.3 is 15.4 Å². The van der Waals surface area contributed by atoms with Crippen molar-refractivity contribution in [2.45, 2.75) is 25.3 Å². The second kappa shape index (κ2) is 9.13. The van der Waals surface area contributed by atoms with Crippen LogP contribution in [0.2, 0.25) is 0 Å². The van der Waals surface area contributed by atoms with Gasteiger partial charge in [0.2, 0.25) is 11.8 Å². The maximum absolute atomic E-state index is 13.3. The first kappa shape index (κ1) is 20.8. The average molecular weight is 422 g/mol. The highest BCUT2D eigenvalue weighted by Gasteiger charge is 2.32. The Labute approximate surface area is 180 Å². The highest BCUT2D eigenvalue weighted by molar-refractivity contribution is 5.95. The van der Waals surface area contributed by atoms with Crippen LogP contribution in [0, 0.1) is 0 Å². The largest absolute Gasteiger partial charge is 0.497 e. The number of aromatic nitrogens is 3. The molecule has 1 saturated heterocycles. The van der Waals surface area contributed by atoms with Crippen molar-refractivity contribution in [2.24, 2.45) is 5.73 Å². The van der Waals surface area contributed by atoms with Crippen LogP contribution in [-0.2, 0) is 9.59 Å². The Bertz CT molecular complexity index is 1060. The first-order valence-corrected chi connectivity index (χ1v) is 10.3. The number of fused-ring (bicyclic) bond motifs is 1. The molecule has 1 unspecified atom stereocenters. The number of rotatable bonds is 8. The zero-order valence-corrected chi connectivity index (χ0v) is 17.5. The molecule has 1 aromatic carbocycles. The summed E-state index contributed by atoms with van der Waals surface area (Å²) in [4.78, 5) is 28.4. The molecule has 4 rings (SSSR count). The average Bonchev–Trinajstić information content (AvgIpc) is 3.40. The van der Waals surface area contributed by atoms with Gasteiger partial charge in [0, 0.05) is 24.8 Å². The summed E-state index contributed by atoms with van der Waals surface area (Å²) in [6.45, 7) is 1.24. The summed E-state index contributed by atoms with van der Waals surface area (Å²) >= 11 is 0. The molecule has 1 fully saturated rings. The van der Waals surface area contributed by atoms with Crippen LogP contribution in [0.5, 0.6) is 5.75 Å². The number of anilines is 1. The summed E-state index contributed by atoms with van der Waals surface area (Å²) < 4.78 is 7.18. The van der Waals surface area contributed by atoms with E-state index in [1.165, 1.54) is 0 Å². The number of hydrogen-bond acceptors (Lipinski definition) is 6. The number of nitrogens with two attached hydrogens (primary N) is 1. The number of nitrogens with zero attached hydrogens (tertiary/aromatic N) is 5. The van der Waals surface area contributed by atoms with Gasteiger partial charge in [-0.25, -0.2) is 0 Å². The zero-order valence-electron chi connectivity index (χ0n) is 17.5. The van der Waals surface area contributed by atoms with Crippen molar-refractivity contribution in [3.05, 3.63) is 54.5 Å². The number of primary amides is 1. The van der Waals surface area contributed by atoms with Gasteiger partial charge in [0.1, 0.15) is 5.75 Å². The fourth-order valence-corrected chi connectivity index (χ4v) is 4.04. The summed E-state index contributed by atoms with van der Waals surface area (Å²) in [6.07, 6.45) is 3.92. The van der Waals surface area contributed by atoms with Gasteiger partial charge in [-0.15, -0.1) is 10.2 Å². The second-order valence-electron chi connectivity index (χ2n) is 7.58. The van der Waals surface area contributed by atoms with Crippen LogP contribution in [0.4, 0.5) is 5.69 Å². The van der Waals surface area contributed by atoms with Crippen LogP contribution in [0.25, 0.3) is 5.65 Å². The topological polar surface area (TPSA) is 106 Å². The van der Waals surface area contributed by atoms with Crippen molar-refractivity contribution in [1.29, 1.82) is 0 Å². The lowest BCUT2D eigenvalue weighted by Gasteiger charge is -2.28. The molecule has 9 nitrogen and oxygen atoms in total. The molecule has 31 heavy (non-hydrogen) atoms. The lowest BCUT2D eigenvalue weighted by Crippen LogP contribution is -2.42. The Morgan fingerprint density at radius 2 is 2.00 bits per heavy atom. The van der Waals surface area contributed by atoms with E-state index in [0.717, 1.165) is 30.9 Å². The van der Waals surface area contributed by atoms with E-state index in [4.69, 9.17) is 10.5 Å². The molecule has 0 spiro atoms. The number of likely N-dealkylation sites (tertiary alicyclic amines) is 1. The smallest absolute Gasteiger partial charge is 0.241 e. The van der Waals surface area contributed by atoms with Crippen LogP contribution in [-0.4, -0.2) is 58.1 Å². The summed E-state index contributed by atoms with van der Waals surface area (Å²) in [5, 5.41) is 8.64. The fourth-order valence-electron chi connectivity index (χ4n) is 4.04. The highest BCUT2D eigenvalue weighted by atomic mass is 16.5. The minimum Gasteiger partial charge on any atom is -0.497 e. The second-order valence-corrected chi connectivity index (χ2v) is 7.58. The van der Waals surface area contributed by atoms with E-state index < -0.39 is 5.91 Å². The molecular weight excluding hydrogens is 396 g/mol. The Morgan fingerprint density at radius 1 is 1.19 bits per heavy atom. The minimum absolute atomic E-state index is 0.00945. The molecule has 0 saturated carbocycles. The number of carbonyl (C=O) groups excluding carboxylic acids is 2. The maximum Gasteiger partial charge on any atom is 0.241 e. The minimum atomic E-state index is -0.444. The van der Waals surface area contributed by atoms with Gasteiger partial charge in [0.15, 0.2) is 11.5 Å². The number of benzene rings is 1. The molecule has 0 radical (unpaired) electrons. The molecule has 1 aliphatic heterocycles. The van der Waals surface area contributed by atoms with Gasteiger partial charge in [-0.3, -0.25) is 18.9 Å². The van der Waals surface area contributed by atoms with Crippen LogP contribution in [0.1, 0.15) is 31.1 Å². The van der Waals surface area contributed by atoms with Gasteiger partial charge in [-0.1, -0.05) is 6.07 Å². The number of amides is 2. The molecule has 1 aliphatic rings. The number of pyridine rings is 1. The molecule has 2 aromatic heterocycles. The lowest BCUT2D eigenvalue weighted by atomic mass is 10.2. The van der Waals surface area contributed by atoms with E-state index in [-0.39, 0.29) is 31.5 Å². The zero-order chi connectivity index (χ0) is 21.8. The van der Waals surface area contributed by atoms with Gasteiger partial charge in [0.05, 0.1) is 19.7 Å². The van der Waals surface area contributed by atoms with Gasteiger partial charge in [0.25, 0.3) is 0 Å². The molecule has 3 aromatic rings. The van der Waals surface area contributed by atoms with E-state index in [1.54, 1.807) is 24.1 Å². The predicted octanol–water partition coefficient (Wildman–Crippen LogP) is 1.78. The number of ether oxygens (including phenoxy) is 1. The first-order valence-electron chi connectivity index (χ1n) is 10.3. The third-order valence-corrected chi connectivity index (χ3v) is 5.61. The number of methoxy groups -OCH3 is 1. The third kappa shape index (κ3) is 4.51. The van der Waals surface area contributed by atoms with E-state index in [0.29, 0.717) is 11.4 Å². The van der Waals surface area contributed by atoms with Crippen molar-refractivity contribution in [2.75, 3.05) is 31.6 Å². The Morgan fingerprint density at radius 3 is 2.74 bits per heavy atom. The maximum atomic E-state index is 13.3. The molecule has 2 amide bonds. The first-order chi connectivity index (χ1) is 15.1. The van der Waals surface area contributed by atoms with Crippen molar-refractivity contribution < 1.29 is 14.3 Å². The van der Waals surface area contributed by atoms with E-state index in [1.807, 2.05) is 40.9 Å². The Kier molecular flexibility index (Phi) is 6.13. The molecule has 162 valence electrons. The Hall–Kier alpha value is -3.46. The summed E-state index contributed by atoms with van der Waals surface area (Å²) in [5.74, 6) is 1.01. The summed E-state index contributed by atoms with van der Waals surface area (Å²) in [5.41, 5.74) is 6.84. The SMILES string of the molecule is COc1ccc(N(CCC(N)=O)C(=O)CN2CCCC2c2nnc3ccccn23)cc1. The van der Waals surface area contributed by atoms with Crippen LogP contribution >= 0.6 is 0 Å². The van der Waals surface area contributed by atoms with Gasteiger partial charge in [-0.05, 0) is 55.8 Å². The van der Waals surface area contributed by atoms with E-state index in [2.05, 4.69) is 15.1 Å². The van der Waals surface area contributed by atoms with Crippen LogP contribution in [0.3, 0.4) is 0 Å². The number of carbonyl (C=O) groups is 2. The molecular formula is C22H26N6O3. The normalized spacial score (nSPS) is 16.5. The van der Waals surface area contributed by atoms with Crippen LogP contribution in [0.15, 0.2) is 48.7 Å². The number of hydrogen-bond donors (Lipinski definition) is 1. The van der Waals surface area contributed by atoms with Crippen LogP contribution < -0.4 is 15.4 Å². The van der Waals surface area contributed by atoms with E-state index >= 15 is 0 Å². The van der Waals surface area contributed by atoms with Crippen molar-refractivity contribution in [3.63, 3.8) is 0 Å². The van der Waals surface area contributed by atoms with Crippen molar-refractivity contribution in [3.8, 4) is 5.75 Å². The van der Waals surface area contributed by atoms with Crippen molar-refractivity contribution in [1.82, 2.24) is 19.5 Å². The standard InChI is InChI=1S/C22H26N6O3/c1-31-17-9-7-16(8-10-17)27(14-11-19(23)29)21(30)15-26-12-4-5-18(26)22-25-24-20-6-2-3-13-28(20)22/h2-3,6-10,13,18H,4-5,11-12,14-15H2,1H3,(H2,23,29). The summed E-state index contributed by atoms with van der Waals surface area (Å²) in [6, 6.07) is 13.0. The molecule has 2 N–H and O–H groups in total. The monoisotopic (exact) mass is 422 g/mol. The third-order valence-electron chi connectivity index (χ3n) is 5.61. The van der Waals surface area contributed by atoms with Gasteiger partial charge >= 0.3 is 0 Å². The quantitative estimate of drug-likeness (QED) is 0.593. The predicted molar refractivity (Wildman–Crippen MR) is 116 cm³/mol. The lowest BCUT2D eigenvalue weighted by molar-refractivity contribution is -0.120. The van der Waals surface area contributed by atoms with E-state index in [9.17, 15) is 9.59 Å². The molecule has 0 aliphatic carbocycles. The molecule has 0 bridgehead atoms. The Balaban J connectivity index is 1.54. The van der Waals surface area contributed by atoms with Crippen molar-refractivity contribution >= 4 is 23.1 Å². The highest BCUT2D eigenvalue weighted by Crippen LogP contribution is 2.31.